The molecule has 2 nitrogen and oxygen atoms in total. The van der Waals surface area contributed by atoms with E-state index in [2.05, 4.69) is 27.7 Å². The van der Waals surface area contributed by atoms with Crippen LogP contribution in [0.15, 0.2) is 0 Å². The van der Waals surface area contributed by atoms with Crippen LogP contribution in [-0.2, 0) is 19.2 Å². The van der Waals surface area contributed by atoms with Crippen LogP contribution in [0.4, 0.5) is 0 Å². The van der Waals surface area contributed by atoms with Gasteiger partial charge in [0.1, 0.15) is 0 Å². The molecule has 0 aromatic heterocycles. The van der Waals surface area contributed by atoms with Crippen molar-refractivity contribution in [2.24, 2.45) is 11.8 Å². The average molecular weight is 224 g/mol. The van der Waals surface area contributed by atoms with Gasteiger partial charge in [0.25, 0.3) is 0 Å². The summed E-state index contributed by atoms with van der Waals surface area (Å²) in [5.41, 5.74) is 0. The van der Waals surface area contributed by atoms with Crippen LogP contribution in [0.25, 0.3) is 0 Å². The van der Waals surface area contributed by atoms with Crippen molar-refractivity contribution < 1.29 is 30.1 Å². The van der Waals surface area contributed by atoms with Crippen molar-refractivity contribution >= 4 is 0 Å². The molecule has 13 heavy (non-hydrogen) atoms. The Morgan fingerprint density at radius 2 is 1.08 bits per heavy atom. The molecule has 0 aromatic carbocycles. The van der Waals surface area contributed by atoms with E-state index in [1.807, 2.05) is 0 Å². The van der Waals surface area contributed by atoms with Crippen molar-refractivity contribution in [2.45, 2.75) is 50.0 Å². The molecule has 3 heteroatoms. The summed E-state index contributed by atoms with van der Waals surface area (Å²) in [4.78, 5) is 0. The molecule has 0 fully saturated rings. The van der Waals surface area contributed by atoms with Crippen LogP contribution in [0.5, 0.6) is 0 Å². The van der Waals surface area contributed by atoms with Gasteiger partial charge in [-0.1, -0.05) is 0 Å². The van der Waals surface area contributed by atoms with Gasteiger partial charge in [0, 0.05) is 0 Å². The molecule has 0 aliphatic rings. The predicted molar refractivity (Wildman–Crippen MR) is 52.4 cm³/mol. The van der Waals surface area contributed by atoms with E-state index in [0.29, 0.717) is 19.2 Å². The van der Waals surface area contributed by atoms with E-state index in [-0.39, 0.29) is 11.0 Å². The molecule has 2 N–H and O–H groups in total. The van der Waals surface area contributed by atoms with Crippen LogP contribution in [0.1, 0.15) is 40.5 Å². The molecule has 0 rings (SSSR count). The Labute approximate surface area is 92.0 Å². The van der Waals surface area contributed by atoms with Gasteiger partial charge in [-0.15, -0.1) is 0 Å². The second kappa shape index (κ2) is 12.6. The van der Waals surface area contributed by atoms with Crippen molar-refractivity contribution in [1.29, 1.82) is 0 Å². The summed E-state index contributed by atoms with van der Waals surface area (Å²) in [6.45, 7) is 9.31. The number of rotatable bonds is 6. The zero-order valence-electron chi connectivity index (χ0n) is 9.38. The van der Waals surface area contributed by atoms with E-state index in [0.717, 1.165) is 11.8 Å². The van der Waals surface area contributed by atoms with E-state index in [4.69, 9.17) is 0 Å². The smallest absolute Gasteiger partial charge is 0.870 e. The molecule has 0 bridgehead atoms. The van der Waals surface area contributed by atoms with Crippen LogP contribution < -0.4 is 0 Å². The van der Waals surface area contributed by atoms with Crippen molar-refractivity contribution in [1.82, 2.24) is 0 Å². The second-order valence-electron chi connectivity index (χ2n) is 4.12. The third kappa shape index (κ3) is 19.2. The van der Waals surface area contributed by atoms with E-state index in [9.17, 15) is 0 Å². The summed E-state index contributed by atoms with van der Waals surface area (Å²) in [6.07, 6.45) is 2.94. The molecule has 0 unspecified atom stereocenters. The molecule has 0 amide bonds. The van der Waals surface area contributed by atoms with Gasteiger partial charge in [0.2, 0.25) is 0 Å². The quantitative estimate of drug-likeness (QED) is 0.510. The minimum Gasteiger partial charge on any atom is -0.870 e. The maximum atomic E-state index is 2.33. The summed E-state index contributed by atoms with van der Waals surface area (Å²) in [5, 5.41) is 0. The van der Waals surface area contributed by atoms with Crippen LogP contribution in [0.3, 0.4) is 0 Å². The van der Waals surface area contributed by atoms with Gasteiger partial charge < -0.3 is 11.0 Å². The molecule has 0 aromatic rings. The third-order valence-electron chi connectivity index (χ3n) is 1.80. The van der Waals surface area contributed by atoms with Gasteiger partial charge in [-0.05, 0) is 0 Å². The predicted octanol–water partition coefficient (Wildman–Crippen LogP) is 3.64. The molecule has 0 atom stereocenters. The van der Waals surface area contributed by atoms with E-state index >= 15 is 0 Å². The standard InChI is InChI=1S/2C5H11.2H2O.Ti/c2*1-4-5(2)3;;;/h2*5H,1,4H2,2-3H3;2*1H2;/q;;;;+2/p-2. The van der Waals surface area contributed by atoms with Gasteiger partial charge >= 0.3 is 81.0 Å². The summed E-state index contributed by atoms with van der Waals surface area (Å²) in [5.74, 6) is 1.86. The van der Waals surface area contributed by atoms with Gasteiger partial charge in [0.05, 0.1) is 0 Å². The molecular formula is C10H24O2Ti. The van der Waals surface area contributed by atoms with Crippen LogP contribution in [0.2, 0.25) is 9.45 Å². The average Bonchev–Trinajstić information content (AvgIpc) is 1.85. The summed E-state index contributed by atoms with van der Waals surface area (Å²) < 4.78 is 3.12. The Balaban J connectivity index is -0.000000500. The van der Waals surface area contributed by atoms with Crippen molar-refractivity contribution in [3.05, 3.63) is 0 Å². The Bertz CT molecular complexity index is 75.0. The minimum atomic E-state index is 0. The van der Waals surface area contributed by atoms with Crippen molar-refractivity contribution in [3.63, 3.8) is 0 Å². The summed E-state index contributed by atoms with van der Waals surface area (Å²) in [7, 11) is 0. The maximum Gasteiger partial charge on any atom is -0.870 e. The van der Waals surface area contributed by atoms with E-state index in [1.165, 1.54) is 12.8 Å². The normalized spacial score (nSPS) is 9.08. The Morgan fingerprint density at radius 1 is 0.769 bits per heavy atom. The topological polar surface area (TPSA) is 60.0 Å². The molecule has 0 saturated carbocycles. The molecular weight excluding hydrogens is 200 g/mol. The Morgan fingerprint density at radius 3 is 1.31 bits per heavy atom. The van der Waals surface area contributed by atoms with Crippen LogP contribution >= 0.6 is 0 Å². The molecule has 0 radical (unpaired) electrons. The molecule has 0 saturated heterocycles. The Kier molecular flexibility index (Phi) is 18.7. The first-order valence-electron chi connectivity index (χ1n) is 4.83. The molecule has 80 valence electrons. The fourth-order valence-corrected chi connectivity index (χ4v) is 3.74. The monoisotopic (exact) mass is 224 g/mol. The second-order valence-corrected chi connectivity index (χ2v) is 6.46. The van der Waals surface area contributed by atoms with E-state index < -0.39 is 0 Å². The zero-order chi connectivity index (χ0) is 8.69. The molecule has 0 spiro atoms. The first kappa shape index (κ1) is 19.2. The van der Waals surface area contributed by atoms with E-state index in [1.54, 1.807) is 9.45 Å². The fourth-order valence-electron chi connectivity index (χ4n) is 0.906. The summed E-state index contributed by atoms with van der Waals surface area (Å²) >= 11 is 0.437. The zero-order valence-corrected chi connectivity index (χ0v) is 10.9. The van der Waals surface area contributed by atoms with Crippen LogP contribution in [0, 0.1) is 11.8 Å². The van der Waals surface area contributed by atoms with Crippen molar-refractivity contribution in [3.8, 4) is 0 Å². The third-order valence-corrected chi connectivity index (χ3v) is 3.80. The molecule has 0 aliphatic heterocycles. The van der Waals surface area contributed by atoms with Gasteiger partial charge in [0.15, 0.2) is 0 Å². The SMILES string of the molecule is CC(C)C[CH2][Ti+2][CH2]CC(C)C.[OH-].[OH-]. The minimum absolute atomic E-state index is 0. The number of hydrogen-bond acceptors (Lipinski definition) is 2. The first-order valence-corrected chi connectivity index (χ1v) is 7.04. The first-order chi connectivity index (χ1) is 5.13. The van der Waals surface area contributed by atoms with Crippen molar-refractivity contribution in [2.75, 3.05) is 0 Å². The number of hydrogen-bond donors (Lipinski definition) is 0. The maximum absolute atomic E-state index is 2.33. The molecule has 0 heterocycles. The fraction of sp³-hybridized carbons (Fsp3) is 1.00. The van der Waals surface area contributed by atoms with Crippen LogP contribution in [-0.4, -0.2) is 11.0 Å². The Hall–Kier alpha value is 0.634. The largest absolute Gasteiger partial charge is 0.870 e. The summed E-state index contributed by atoms with van der Waals surface area (Å²) in [6, 6.07) is 0. The van der Waals surface area contributed by atoms with Gasteiger partial charge in [-0.2, -0.15) is 0 Å². The molecule has 0 aliphatic carbocycles. The van der Waals surface area contributed by atoms with Gasteiger partial charge in [-0.25, -0.2) is 0 Å². The van der Waals surface area contributed by atoms with Gasteiger partial charge in [-0.3, -0.25) is 0 Å².